The van der Waals surface area contributed by atoms with Gasteiger partial charge < -0.3 is 9.84 Å². The van der Waals surface area contributed by atoms with Crippen LogP contribution >= 0.6 is 0 Å². The zero-order valence-corrected chi connectivity index (χ0v) is 10.9. The molecule has 1 aromatic heterocycles. The second-order valence-electron chi connectivity index (χ2n) is 4.29. The zero-order valence-electron chi connectivity index (χ0n) is 10.9. The number of halogens is 1. The number of pyridine rings is 1. The lowest BCUT2D eigenvalue weighted by atomic mass is 9.93. The minimum absolute atomic E-state index is 0.105. The Kier molecular flexibility index (Phi) is 4.30. The second kappa shape index (κ2) is 6.14. The van der Waals surface area contributed by atoms with Crippen molar-refractivity contribution >= 4 is 5.97 Å². The number of ether oxygens (including phenoxy) is 1. The number of aliphatic carboxylic acids is 1. The first-order valence-electron chi connectivity index (χ1n) is 6.09. The van der Waals surface area contributed by atoms with Gasteiger partial charge in [0.15, 0.2) is 0 Å². The van der Waals surface area contributed by atoms with Crippen molar-refractivity contribution in [2.45, 2.75) is 12.3 Å². The number of benzene rings is 1. The van der Waals surface area contributed by atoms with Gasteiger partial charge in [-0.2, -0.15) is 0 Å². The number of nitrogens with zero attached hydrogens (tertiary/aromatic N) is 1. The molecule has 1 heterocycles. The number of hydrogen-bond acceptors (Lipinski definition) is 3. The molecule has 1 aromatic carbocycles. The normalized spacial score (nSPS) is 11.9. The Morgan fingerprint density at radius 2 is 2.05 bits per heavy atom. The lowest BCUT2D eigenvalue weighted by Gasteiger charge is -2.13. The summed E-state index contributed by atoms with van der Waals surface area (Å²) in [5.74, 6) is -2.18. The Morgan fingerprint density at radius 1 is 1.30 bits per heavy atom. The highest BCUT2D eigenvalue weighted by atomic mass is 19.1. The third kappa shape index (κ3) is 3.12. The lowest BCUT2D eigenvalue weighted by molar-refractivity contribution is -0.138. The maximum absolute atomic E-state index is 13.7. The van der Waals surface area contributed by atoms with Crippen molar-refractivity contribution in [3.05, 3.63) is 59.5 Å². The molecular weight excluding hydrogens is 261 g/mol. The van der Waals surface area contributed by atoms with Crippen molar-refractivity contribution in [2.24, 2.45) is 0 Å². The molecule has 0 aliphatic carbocycles. The van der Waals surface area contributed by atoms with Gasteiger partial charge in [-0.15, -0.1) is 0 Å². The van der Waals surface area contributed by atoms with Crippen LogP contribution in [0.15, 0.2) is 42.5 Å². The Morgan fingerprint density at radius 3 is 2.70 bits per heavy atom. The van der Waals surface area contributed by atoms with Gasteiger partial charge in [-0.1, -0.05) is 24.3 Å². The van der Waals surface area contributed by atoms with Gasteiger partial charge in [-0.25, -0.2) is 9.37 Å². The molecule has 20 heavy (non-hydrogen) atoms. The van der Waals surface area contributed by atoms with E-state index in [1.54, 1.807) is 24.3 Å². The molecule has 0 aliphatic heterocycles. The van der Waals surface area contributed by atoms with Gasteiger partial charge in [-0.05, 0) is 12.1 Å². The van der Waals surface area contributed by atoms with Crippen LogP contribution in [0, 0.1) is 5.82 Å². The molecule has 1 atom stereocenters. The summed E-state index contributed by atoms with van der Waals surface area (Å²) in [4.78, 5) is 15.5. The van der Waals surface area contributed by atoms with E-state index in [4.69, 9.17) is 4.74 Å². The van der Waals surface area contributed by atoms with Crippen LogP contribution in [-0.4, -0.2) is 23.2 Å². The van der Waals surface area contributed by atoms with E-state index in [2.05, 4.69) is 4.98 Å². The minimum Gasteiger partial charge on any atom is -0.481 e. The molecule has 2 rings (SSSR count). The molecule has 0 fully saturated rings. The largest absolute Gasteiger partial charge is 0.481 e. The second-order valence-corrected chi connectivity index (χ2v) is 4.29. The van der Waals surface area contributed by atoms with Gasteiger partial charge >= 0.3 is 5.97 Å². The SMILES string of the molecule is COc1cccc(CC(C(=O)O)c2ccccc2F)n1. The number of rotatable bonds is 5. The highest BCUT2D eigenvalue weighted by Crippen LogP contribution is 2.24. The van der Waals surface area contributed by atoms with Crippen molar-refractivity contribution in [3.63, 3.8) is 0 Å². The van der Waals surface area contributed by atoms with Crippen molar-refractivity contribution in [2.75, 3.05) is 7.11 Å². The van der Waals surface area contributed by atoms with Crippen LogP contribution in [-0.2, 0) is 11.2 Å². The van der Waals surface area contributed by atoms with Crippen LogP contribution in [0.5, 0.6) is 5.88 Å². The van der Waals surface area contributed by atoms with E-state index in [1.165, 1.54) is 25.3 Å². The van der Waals surface area contributed by atoms with Crippen LogP contribution in [0.3, 0.4) is 0 Å². The molecule has 0 radical (unpaired) electrons. The quantitative estimate of drug-likeness (QED) is 0.911. The number of carboxylic acid groups (broad SMARTS) is 1. The highest BCUT2D eigenvalue weighted by molar-refractivity contribution is 5.76. The molecule has 0 saturated heterocycles. The maximum atomic E-state index is 13.7. The molecule has 0 amide bonds. The summed E-state index contributed by atoms with van der Waals surface area (Å²) in [6.45, 7) is 0. The van der Waals surface area contributed by atoms with E-state index >= 15 is 0 Å². The predicted octanol–water partition coefficient (Wildman–Crippen LogP) is 2.64. The first-order valence-corrected chi connectivity index (χ1v) is 6.09. The number of aromatic nitrogens is 1. The van der Waals surface area contributed by atoms with E-state index in [1.807, 2.05) is 0 Å². The standard InChI is InChI=1S/C15H14FNO3/c1-20-14-8-4-5-10(17-14)9-12(15(18)19)11-6-2-3-7-13(11)16/h2-8,12H,9H2,1H3,(H,18,19). The minimum atomic E-state index is -1.08. The molecule has 2 aromatic rings. The highest BCUT2D eigenvalue weighted by Gasteiger charge is 2.23. The van der Waals surface area contributed by atoms with E-state index < -0.39 is 17.7 Å². The summed E-state index contributed by atoms with van der Waals surface area (Å²) in [6.07, 6.45) is 0.105. The molecule has 104 valence electrons. The van der Waals surface area contributed by atoms with Crippen molar-refractivity contribution < 1.29 is 19.0 Å². The lowest BCUT2D eigenvalue weighted by Crippen LogP contribution is -2.16. The third-order valence-corrected chi connectivity index (χ3v) is 2.98. The predicted molar refractivity (Wildman–Crippen MR) is 71.3 cm³/mol. The van der Waals surface area contributed by atoms with E-state index in [0.29, 0.717) is 11.6 Å². The summed E-state index contributed by atoms with van der Waals surface area (Å²) in [6, 6.07) is 11.0. The molecule has 1 unspecified atom stereocenters. The fourth-order valence-corrected chi connectivity index (χ4v) is 1.98. The van der Waals surface area contributed by atoms with E-state index in [0.717, 1.165) is 0 Å². The smallest absolute Gasteiger partial charge is 0.311 e. The van der Waals surface area contributed by atoms with Gasteiger partial charge in [0.1, 0.15) is 5.82 Å². The zero-order chi connectivity index (χ0) is 14.5. The summed E-state index contributed by atoms with van der Waals surface area (Å²) < 4.78 is 18.7. The summed E-state index contributed by atoms with van der Waals surface area (Å²) in [5.41, 5.74) is 0.699. The van der Waals surface area contributed by atoms with Gasteiger partial charge in [0, 0.05) is 23.7 Å². The fraction of sp³-hybridized carbons (Fsp3) is 0.200. The van der Waals surface area contributed by atoms with E-state index in [-0.39, 0.29) is 12.0 Å². The van der Waals surface area contributed by atoms with Crippen LogP contribution in [0.1, 0.15) is 17.2 Å². The molecule has 5 heteroatoms. The molecular formula is C15H14FNO3. The van der Waals surface area contributed by atoms with Crippen LogP contribution < -0.4 is 4.74 Å². The molecule has 0 saturated carbocycles. The number of hydrogen-bond donors (Lipinski definition) is 1. The van der Waals surface area contributed by atoms with E-state index in [9.17, 15) is 14.3 Å². The number of methoxy groups -OCH3 is 1. The number of carboxylic acids is 1. The van der Waals surface area contributed by atoms with Gasteiger partial charge in [-0.3, -0.25) is 4.79 Å². The summed E-state index contributed by atoms with van der Waals surface area (Å²) >= 11 is 0. The average molecular weight is 275 g/mol. The first-order chi connectivity index (χ1) is 9.61. The number of carbonyl (C=O) groups is 1. The Hall–Kier alpha value is -2.43. The summed E-state index contributed by atoms with van der Waals surface area (Å²) in [7, 11) is 1.48. The van der Waals surface area contributed by atoms with Crippen LogP contribution in [0.4, 0.5) is 4.39 Å². The fourth-order valence-electron chi connectivity index (χ4n) is 1.98. The van der Waals surface area contributed by atoms with Gasteiger partial charge in [0.05, 0.1) is 13.0 Å². The molecule has 0 aliphatic rings. The Balaban J connectivity index is 2.31. The topological polar surface area (TPSA) is 59.4 Å². The molecule has 1 N–H and O–H groups in total. The maximum Gasteiger partial charge on any atom is 0.311 e. The van der Waals surface area contributed by atoms with Crippen LogP contribution in [0.25, 0.3) is 0 Å². The Bertz CT molecular complexity index is 616. The average Bonchev–Trinajstić information content (AvgIpc) is 2.45. The molecule has 0 bridgehead atoms. The third-order valence-electron chi connectivity index (χ3n) is 2.98. The van der Waals surface area contributed by atoms with Crippen molar-refractivity contribution in [1.82, 2.24) is 4.98 Å². The first kappa shape index (κ1) is 14.0. The van der Waals surface area contributed by atoms with Crippen molar-refractivity contribution in [3.8, 4) is 5.88 Å². The Labute approximate surface area is 115 Å². The van der Waals surface area contributed by atoms with Gasteiger partial charge in [0.25, 0.3) is 0 Å². The summed E-state index contributed by atoms with van der Waals surface area (Å²) in [5, 5.41) is 9.31. The van der Waals surface area contributed by atoms with Crippen molar-refractivity contribution in [1.29, 1.82) is 0 Å². The molecule has 4 nitrogen and oxygen atoms in total. The van der Waals surface area contributed by atoms with Gasteiger partial charge in [0.2, 0.25) is 5.88 Å². The molecule has 0 spiro atoms. The van der Waals surface area contributed by atoms with Crippen LogP contribution in [0.2, 0.25) is 0 Å². The monoisotopic (exact) mass is 275 g/mol.